The van der Waals surface area contributed by atoms with E-state index >= 15 is 0 Å². The van der Waals surface area contributed by atoms with Crippen LogP contribution in [0.2, 0.25) is 5.15 Å². The molecule has 1 N–H and O–H groups in total. The van der Waals surface area contributed by atoms with Gasteiger partial charge in [0.1, 0.15) is 11.0 Å². The normalized spacial score (nSPS) is 10.0. The van der Waals surface area contributed by atoms with E-state index < -0.39 is 0 Å². The lowest BCUT2D eigenvalue weighted by Crippen LogP contribution is -1.92. The van der Waals surface area contributed by atoms with Gasteiger partial charge in [0.15, 0.2) is 0 Å². The molecular formula is C12H11ClN2. The van der Waals surface area contributed by atoms with Gasteiger partial charge in [0.25, 0.3) is 0 Å². The Bertz CT molecular complexity index is 454. The quantitative estimate of drug-likeness (QED) is 0.782. The SMILES string of the molecule is CNc1cc(-c2ccccc2)cc(Cl)n1. The van der Waals surface area contributed by atoms with Gasteiger partial charge in [-0.1, -0.05) is 41.9 Å². The first-order valence-electron chi connectivity index (χ1n) is 4.70. The molecule has 0 atom stereocenters. The maximum Gasteiger partial charge on any atom is 0.132 e. The van der Waals surface area contributed by atoms with Crippen molar-refractivity contribution in [2.75, 3.05) is 12.4 Å². The van der Waals surface area contributed by atoms with Crippen molar-refractivity contribution in [2.24, 2.45) is 0 Å². The van der Waals surface area contributed by atoms with Crippen LogP contribution in [-0.4, -0.2) is 12.0 Å². The van der Waals surface area contributed by atoms with Crippen molar-refractivity contribution in [3.8, 4) is 11.1 Å². The number of hydrogen-bond donors (Lipinski definition) is 1. The largest absolute Gasteiger partial charge is 0.373 e. The van der Waals surface area contributed by atoms with E-state index in [-0.39, 0.29) is 0 Å². The predicted molar refractivity (Wildman–Crippen MR) is 64.2 cm³/mol. The third kappa shape index (κ3) is 2.28. The van der Waals surface area contributed by atoms with Crippen LogP contribution < -0.4 is 5.32 Å². The number of anilines is 1. The number of hydrogen-bond acceptors (Lipinski definition) is 2. The van der Waals surface area contributed by atoms with E-state index in [1.54, 1.807) is 0 Å². The Hall–Kier alpha value is -1.54. The third-order valence-corrected chi connectivity index (χ3v) is 2.35. The lowest BCUT2D eigenvalue weighted by atomic mass is 10.1. The summed E-state index contributed by atoms with van der Waals surface area (Å²) in [6.07, 6.45) is 0. The van der Waals surface area contributed by atoms with Crippen molar-refractivity contribution in [1.29, 1.82) is 0 Å². The summed E-state index contributed by atoms with van der Waals surface area (Å²) in [5.74, 6) is 0.779. The van der Waals surface area contributed by atoms with Crippen LogP contribution in [0, 0.1) is 0 Å². The minimum absolute atomic E-state index is 0.501. The van der Waals surface area contributed by atoms with Crippen LogP contribution in [0.3, 0.4) is 0 Å². The number of pyridine rings is 1. The van der Waals surface area contributed by atoms with Crippen LogP contribution in [0.15, 0.2) is 42.5 Å². The average molecular weight is 219 g/mol. The van der Waals surface area contributed by atoms with Gasteiger partial charge in [-0.15, -0.1) is 0 Å². The summed E-state index contributed by atoms with van der Waals surface area (Å²) in [5.41, 5.74) is 2.21. The Balaban J connectivity index is 2.49. The fourth-order valence-corrected chi connectivity index (χ4v) is 1.63. The van der Waals surface area contributed by atoms with Crippen LogP contribution in [0.4, 0.5) is 5.82 Å². The van der Waals surface area contributed by atoms with Crippen LogP contribution >= 0.6 is 11.6 Å². The highest BCUT2D eigenvalue weighted by Gasteiger charge is 2.01. The summed E-state index contributed by atoms with van der Waals surface area (Å²) in [4.78, 5) is 4.13. The Morgan fingerprint density at radius 3 is 2.47 bits per heavy atom. The average Bonchev–Trinajstić information content (AvgIpc) is 2.29. The second-order valence-corrected chi connectivity index (χ2v) is 3.57. The lowest BCUT2D eigenvalue weighted by molar-refractivity contribution is 1.29. The van der Waals surface area contributed by atoms with Crippen molar-refractivity contribution < 1.29 is 0 Å². The highest BCUT2D eigenvalue weighted by molar-refractivity contribution is 6.29. The molecule has 1 heterocycles. The van der Waals surface area contributed by atoms with Gasteiger partial charge in [-0.25, -0.2) is 4.98 Å². The van der Waals surface area contributed by atoms with Crippen LogP contribution in [0.1, 0.15) is 0 Å². The number of aromatic nitrogens is 1. The molecule has 1 aromatic carbocycles. The molecule has 0 spiro atoms. The molecule has 1 aromatic heterocycles. The van der Waals surface area contributed by atoms with E-state index in [2.05, 4.69) is 10.3 Å². The van der Waals surface area contributed by atoms with E-state index in [0.717, 1.165) is 16.9 Å². The van der Waals surface area contributed by atoms with E-state index in [1.807, 2.05) is 49.5 Å². The van der Waals surface area contributed by atoms with Gasteiger partial charge in [0, 0.05) is 7.05 Å². The zero-order chi connectivity index (χ0) is 10.7. The maximum absolute atomic E-state index is 5.93. The van der Waals surface area contributed by atoms with E-state index in [4.69, 9.17) is 11.6 Å². The van der Waals surface area contributed by atoms with Gasteiger partial charge in [-0.2, -0.15) is 0 Å². The molecule has 3 heteroatoms. The molecule has 0 fully saturated rings. The van der Waals surface area contributed by atoms with Gasteiger partial charge in [-0.3, -0.25) is 0 Å². The molecule has 0 aliphatic carbocycles. The first-order chi connectivity index (χ1) is 7.29. The zero-order valence-electron chi connectivity index (χ0n) is 8.37. The smallest absolute Gasteiger partial charge is 0.132 e. The summed E-state index contributed by atoms with van der Waals surface area (Å²) in [6.45, 7) is 0. The van der Waals surface area contributed by atoms with E-state index in [1.165, 1.54) is 0 Å². The molecule has 0 bridgehead atoms. The first kappa shape index (κ1) is 9.99. The fourth-order valence-electron chi connectivity index (χ4n) is 1.42. The second kappa shape index (κ2) is 4.32. The Kier molecular flexibility index (Phi) is 2.88. The first-order valence-corrected chi connectivity index (χ1v) is 5.08. The molecule has 0 aliphatic heterocycles. The third-order valence-electron chi connectivity index (χ3n) is 2.16. The zero-order valence-corrected chi connectivity index (χ0v) is 9.12. The van der Waals surface area contributed by atoms with Gasteiger partial charge in [0.2, 0.25) is 0 Å². The number of halogens is 1. The predicted octanol–water partition coefficient (Wildman–Crippen LogP) is 3.44. The van der Waals surface area contributed by atoms with Crippen LogP contribution in [0.5, 0.6) is 0 Å². The number of rotatable bonds is 2. The van der Waals surface area contributed by atoms with Crippen molar-refractivity contribution >= 4 is 17.4 Å². The molecule has 0 saturated carbocycles. The van der Waals surface area contributed by atoms with E-state index in [9.17, 15) is 0 Å². The minimum atomic E-state index is 0.501. The lowest BCUT2D eigenvalue weighted by Gasteiger charge is -2.05. The molecule has 2 rings (SSSR count). The molecule has 0 amide bonds. The van der Waals surface area contributed by atoms with Gasteiger partial charge in [0.05, 0.1) is 0 Å². The highest BCUT2D eigenvalue weighted by Crippen LogP contribution is 2.24. The second-order valence-electron chi connectivity index (χ2n) is 3.18. The molecule has 0 saturated heterocycles. The Labute approximate surface area is 93.9 Å². The van der Waals surface area contributed by atoms with Crippen LogP contribution in [0.25, 0.3) is 11.1 Å². The van der Waals surface area contributed by atoms with Crippen molar-refractivity contribution in [2.45, 2.75) is 0 Å². The summed E-state index contributed by atoms with van der Waals surface area (Å²) in [6, 6.07) is 13.9. The highest BCUT2D eigenvalue weighted by atomic mass is 35.5. The molecule has 2 nitrogen and oxygen atoms in total. The minimum Gasteiger partial charge on any atom is -0.373 e. The molecule has 0 unspecified atom stereocenters. The number of benzene rings is 1. The standard InChI is InChI=1S/C12H11ClN2/c1-14-12-8-10(7-11(13)15-12)9-5-3-2-4-6-9/h2-8H,1H3,(H,14,15). The summed E-state index contributed by atoms with van der Waals surface area (Å²) < 4.78 is 0. The Morgan fingerprint density at radius 1 is 1.07 bits per heavy atom. The topological polar surface area (TPSA) is 24.9 Å². The van der Waals surface area contributed by atoms with Gasteiger partial charge >= 0.3 is 0 Å². The van der Waals surface area contributed by atoms with Crippen molar-refractivity contribution in [1.82, 2.24) is 4.98 Å². The Morgan fingerprint density at radius 2 is 1.80 bits per heavy atom. The fraction of sp³-hybridized carbons (Fsp3) is 0.0833. The molecule has 2 aromatic rings. The molecule has 76 valence electrons. The molecule has 15 heavy (non-hydrogen) atoms. The van der Waals surface area contributed by atoms with Crippen LogP contribution in [-0.2, 0) is 0 Å². The number of nitrogens with zero attached hydrogens (tertiary/aromatic N) is 1. The number of nitrogens with one attached hydrogen (secondary N) is 1. The maximum atomic E-state index is 5.93. The molecule has 0 radical (unpaired) electrons. The van der Waals surface area contributed by atoms with E-state index in [0.29, 0.717) is 5.15 Å². The molecule has 0 aliphatic rings. The summed E-state index contributed by atoms with van der Waals surface area (Å²) in [7, 11) is 1.83. The van der Waals surface area contributed by atoms with Crippen molar-refractivity contribution in [3.63, 3.8) is 0 Å². The monoisotopic (exact) mass is 218 g/mol. The summed E-state index contributed by atoms with van der Waals surface area (Å²) >= 11 is 5.93. The summed E-state index contributed by atoms with van der Waals surface area (Å²) in [5, 5.41) is 3.48. The van der Waals surface area contributed by atoms with Gasteiger partial charge in [-0.05, 0) is 23.3 Å². The molecular weight excluding hydrogens is 208 g/mol. The van der Waals surface area contributed by atoms with Gasteiger partial charge < -0.3 is 5.32 Å². The van der Waals surface area contributed by atoms with Crippen molar-refractivity contribution in [3.05, 3.63) is 47.6 Å².